The molecule has 0 radical (unpaired) electrons. The average molecular weight is 461 g/mol. The largest absolute Gasteiger partial charge is 0.480 e. The summed E-state index contributed by atoms with van der Waals surface area (Å²) in [6.07, 6.45) is -0.719. The lowest BCUT2D eigenvalue weighted by molar-refractivity contribution is -0.142. The first-order chi connectivity index (χ1) is 16.4. The van der Waals surface area contributed by atoms with Gasteiger partial charge in [0.05, 0.1) is 5.52 Å². The Morgan fingerprint density at radius 1 is 1.03 bits per heavy atom. The first kappa shape index (κ1) is 23.2. The van der Waals surface area contributed by atoms with Gasteiger partial charge < -0.3 is 19.9 Å². The van der Waals surface area contributed by atoms with Gasteiger partial charge >= 0.3 is 0 Å². The fourth-order valence-corrected chi connectivity index (χ4v) is 4.19. The third-order valence-corrected chi connectivity index (χ3v) is 6.02. The van der Waals surface area contributed by atoms with Gasteiger partial charge in [0.1, 0.15) is 11.4 Å². The summed E-state index contributed by atoms with van der Waals surface area (Å²) >= 11 is 0. The maximum absolute atomic E-state index is 13.2. The molecular weight excluding hydrogens is 432 g/mol. The van der Waals surface area contributed by atoms with E-state index in [4.69, 9.17) is 4.74 Å². The lowest BCUT2D eigenvalue weighted by Crippen LogP contribution is -2.57. The van der Waals surface area contributed by atoms with E-state index in [2.05, 4.69) is 10.3 Å². The van der Waals surface area contributed by atoms with Gasteiger partial charge in [0, 0.05) is 43.7 Å². The third-order valence-electron chi connectivity index (χ3n) is 6.02. The number of rotatable bonds is 5. The van der Waals surface area contributed by atoms with E-state index in [-0.39, 0.29) is 23.8 Å². The number of aromatic nitrogens is 1. The molecule has 1 aromatic heterocycles. The molecule has 1 saturated heterocycles. The molecule has 1 aliphatic heterocycles. The summed E-state index contributed by atoms with van der Waals surface area (Å²) in [5.74, 6) is 0.102. The lowest BCUT2D eigenvalue weighted by atomic mass is 10.1. The van der Waals surface area contributed by atoms with Crippen molar-refractivity contribution < 1.29 is 19.1 Å². The zero-order valence-electron chi connectivity index (χ0n) is 19.5. The number of ether oxygens (including phenoxy) is 1. The Labute approximate surface area is 198 Å². The molecule has 2 heterocycles. The molecule has 8 heteroatoms. The molecule has 3 amide bonds. The van der Waals surface area contributed by atoms with Gasteiger partial charge in [-0.05, 0) is 50.2 Å². The Kier molecular flexibility index (Phi) is 6.77. The monoisotopic (exact) mass is 460 g/mol. The summed E-state index contributed by atoms with van der Waals surface area (Å²) < 4.78 is 6.05. The minimum Gasteiger partial charge on any atom is -0.480 e. The van der Waals surface area contributed by atoms with Crippen LogP contribution in [-0.4, -0.2) is 71.3 Å². The number of nitrogens with zero attached hydrogens (tertiary/aromatic N) is 3. The average Bonchev–Trinajstić information content (AvgIpc) is 2.87. The molecule has 2 aromatic carbocycles. The van der Waals surface area contributed by atoms with Crippen molar-refractivity contribution >= 4 is 28.6 Å². The number of hydrogen-bond acceptors (Lipinski definition) is 5. The van der Waals surface area contributed by atoms with Crippen molar-refractivity contribution in [3.8, 4) is 5.75 Å². The van der Waals surface area contributed by atoms with Gasteiger partial charge in [0.25, 0.3) is 17.7 Å². The predicted octanol–water partition coefficient (Wildman–Crippen LogP) is 2.73. The van der Waals surface area contributed by atoms with E-state index in [1.165, 1.54) is 0 Å². The normalized spacial score (nSPS) is 16.7. The number of carbonyl (C=O) groups is 3. The first-order valence-electron chi connectivity index (χ1n) is 11.3. The van der Waals surface area contributed by atoms with Gasteiger partial charge in [-0.3, -0.25) is 14.4 Å². The molecule has 0 aliphatic carbocycles. The molecular formula is C26H28N4O4. The van der Waals surface area contributed by atoms with Crippen molar-refractivity contribution in [3.05, 3.63) is 71.9 Å². The van der Waals surface area contributed by atoms with Gasteiger partial charge in [-0.1, -0.05) is 24.3 Å². The van der Waals surface area contributed by atoms with Crippen LogP contribution in [0.3, 0.4) is 0 Å². The zero-order chi connectivity index (χ0) is 24.2. The molecule has 0 saturated carbocycles. The molecule has 0 bridgehead atoms. The number of hydrogen-bond donors (Lipinski definition) is 1. The van der Waals surface area contributed by atoms with Crippen molar-refractivity contribution in [3.63, 3.8) is 0 Å². The molecule has 1 aliphatic rings. The first-order valence-corrected chi connectivity index (χ1v) is 11.3. The fourth-order valence-electron chi connectivity index (χ4n) is 4.19. The number of pyridine rings is 1. The van der Waals surface area contributed by atoms with Crippen molar-refractivity contribution in [2.45, 2.75) is 26.0 Å². The summed E-state index contributed by atoms with van der Waals surface area (Å²) in [4.78, 5) is 45.8. The molecule has 1 N–H and O–H groups in total. The highest BCUT2D eigenvalue weighted by Gasteiger charge is 2.33. The summed E-state index contributed by atoms with van der Waals surface area (Å²) in [5.41, 5.74) is 1.57. The molecule has 0 unspecified atom stereocenters. The Morgan fingerprint density at radius 2 is 1.79 bits per heavy atom. The van der Waals surface area contributed by atoms with Gasteiger partial charge in [-0.2, -0.15) is 0 Å². The zero-order valence-corrected chi connectivity index (χ0v) is 19.5. The number of benzene rings is 2. The van der Waals surface area contributed by atoms with Crippen molar-refractivity contribution in [1.29, 1.82) is 0 Å². The van der Waals surface area contributed by atoms with E-state index < -0.39 is 6.10 Å². The van der Waals surface area contributed by atoms with E-state index in [0.717, 1.165) is 5.39 Å². The smallest absolute Gasteiger partial charge is 0.269 e. The Bertz CT molecular complexity index is 1210. The molecule has 3 aromatic rings. The van der Waals surface area contributed by atoms with Crippen LogP contribution in [0.15, 0.2) is 60.7 Å². The van der Waals surface area contributed by atoms with Crippen molar-refractivity contribution in [1.82, 2.24) is 20.1 Å². The van der Waals surface area contributed by atoms with E-state index in [1.54, 1.807) is 66.2 Å². The SMILES string of the molecule is CNC(=O)c1ccc2c(O[C@@H](C)C(=O)N3CCN(C(=O)c4ccccc4)C[C@H]3C)cccc2n1. The highest BCUT2D eigenvalue weighted by molar-refractivity contribution is 5.96. The molecule has 34 heavy (non-hydrogen) atoms. The van der Waals surface area contributed by atoms with E-state index in [9.17, 15) is 14.4 Å². The second-order valence-electron chi connectivity index (χ2n) is 8.36. The highest BCUT2D eigenvalue weighted by Crippen LogP contribution is 2.26. The predicted molar refractivity (Wildman–Crippen MR) is 129 cm³/mol. The summed E-state index contributed by atoms with van der Waals surface area (Å²) in [7, 11) is 1.55. The summed E-state index contributed by atoms with van der Waals surface area (Å²) in [5, 5.41) is 3.28. The van der Waals surface area contributed by atoms with E-state index in [1.807, 2.05) is 25.1 Å². The standard InChI is InChI=1S/C26H28N4O4/c1-17-16-29(26(33)19-8-5-4-6-9-19)14-15-30(17)25(32)18(2)34-23-11-7-10-21-20(23)12-13-22(28-21)24(31)27-3/h4-13,17-18H,14-16H2,1-3H3,(H,27,31)/t17-,18+/m1/s1. The van der Waals surface area contributed by atoms with Crippen LogP contribution in [0.1, 0.15) is 34.7 Å². The van der Waals surface area contributed by atoms with Crippen LogP contribution < -0.4 is 10.1 Å². The minimum absolute atomic E-state index is 0.0248. The second-order valence-corrected chi connectivity index (χ2v) is 8.36. The maximum Gasteiger partial charge on any atom is 0.269 e. The minimum atomic E-state index is -0.719. The van der Waals surface area contributed by atoms with Crippen molar-refractivity contribution in [2.75, 3.05) is 26.7 Å². The topological polar surface area (TPSA) is 91.8 Å². The molecule has 0 spiro atoms. The quantitative estimate of drug-likeness (QED) is 0.632. The Morgan fingerprint density at radius 3 is 2.50 bits per heavy atom. The van der Waals surface area contributed by atoms with Crippen LogP contribution in [0.2, 0.25) is 0 Å². The molecule has 8 nitrogen and oxygen atoms in total. The van der Waals surface area contributed by atoms with Crippen LogP contribution in [0.4, 0.5) is 0 Å². The maximum atomic E-state index is 13.2. The Balaban J connectivity index is 1.43. The van der Waals surface area contributed by atoms with E-state index >= 15 is 0 Å². The molecule has 4 rings (SSSR count). The third kappa shape index (κ3) is 4.71. The lowest BCUT2D eigenvalue weighted by Gasteiger charge is -2.40. The number of amides is 3. The van der Waals surface area contributed by atoms with Gasteiger partial charge in [0.2, 0.25) is 0 Å². The van der Waals surface area contributed by atoms with Gasteiger partial charge in [-0.25, -0.2) is 4.98 Å². The van der Waals surface area contributed by atoms with Crippen LogP contribution in [0.25, 0.3) is 10.9 Å². The highest BCUT2D eigenvalue weighted by atomic mass is 16.5. The number of carbonyl (C=O) groups excluding carboxylic acids is 3. The van der Waals surface area contributed by atoms with Crippen LogP contribution in [-0.2, 0) is 4.79 Å². The number of nitrogens with one attached hydrogen (secondary N) is 1. The molecule has 2 atom stereocenters. The number of piperazine rings is 1. The molecule has 176 valence electrons. The van der Waals surface area contributed by atoms with E-state index in [0.29, 0.717) is 42.2 Å². The van der Waals surface area contributed by atoms with Crippen molar-refractivity contribution in [2.24, 2.45) is 0 Å². The van der Waals surface area contributed by atoms with Crippen LogP contribution in [0, 0.1) is 0 Å². The summed E-state index contributed by atoms with van der Waals surface area (Å²) in [6.45, 7) is 5.04. The summed E-state index contributed by atoms with van der Waals surface area (Å²) in [6, 6.07) is 17.8. The fraction of sp³-hybridized carbons (Fsp3) is 0.308. The van der Waals surface area contributed by atoms with Crippen LogP contribution in [0.5, 0.6) is 5.75 Å². The van der Waals surface area contributed by atoms with Crippen LogP contribution >= 0.6 is 0 Å². The second kappa shape index (κ2) is 9.91. The molecule has 1 fully saturated rings. The Hall–Kier alpha value is -3.94. The number of fused-ring (bicyclic) bond motifs is 1. The van der Waals surface area contributed by atoms with Gasteiger partial charge in [-0.15, -0.1) is 0 Å². The van der Waals surface area contributed by atoms with Gasteiger partial charge in [0.15, 0.2) is 6.10 Å².